The summed E-state index contributed by atoms with van der Waals surface area (Å²) >= 11 is 0. The van der Waals surface area contributed by atoms with Gasteiger partial charge in [0.05, 0.1) is 31.1 Å². The van der Waals surface area contributed by atoms with Crippen LogP contribution in [-0.2, 0) is 16.1 Å². The lowest BCUT2D eigenvalue weighted by atomic mass is 9.90. The summed E-state index contributed by atoms with van der Waals surface area (Å²) in [6.45, 7) is 6.08. The van der Waals surface area contributed by atoms with E-state index in [0.717, 1.165) is 35.7 Å². The number of aromatic nitrogens is 1. The predicted octanol–water partition coefficient (Wildman–Crippen LogP) is 4.56. The first kappa shape index (κ1) is 24.8. The molecule has 2 aromatic rings. The molecule has 0 aliphatic carbocycles. The van der Waals surface area contributed by atoms with E-state index in [1.165, 1.54) is 18.7 Å². The van der Waals surface area contributed by atoms with Crippen molar-refractivity contribution < 1.29 is 22.7 Å². The lowest BCUT2D eigenvalue weighted by Gasteiger charge is -2.44. The average Bonchev–Trinajstić information content (AvgIpc) is 3.04. The first-order valence-corrected chi connectivity index (χ1v) is 12.5. The van der Waals surface area contributed by atoms with Crippen LogP contribution in [0.1, 0.15) is 32.3 Å². The Morgan fingerprint density at radius 3 is 2.50 bits per heavy atom. The van der Waals surface area contributed by atoms with Crippen LogP contribution < -0.4 is 15.1 Å². The number of rotatable bonds is 3. The number of carbonyl (C=O) groups excluding carboxylic acids is 1. The van der Waals surface area contributed by atoms with E-state index in [-0.39, 0.29) is 24.9 Å². The van der Waals surface area contributed by atoms with Gasteiger partial charge in [-0.1, -0.05) is 6.07 Å². The van der Waals surface area contributed by atoms with Gasteiger partial charge in [-0.3, -0.25) is 9.69 Å². The molecule has 1 amide bonds. The maximum absolute atomic E-state index is 13.9. The number of halogens is 3. The highest BCUT2D eigenvalue weighted by Gasteiger charge is 2.52. The molecule has 3 aliphatic rings. The van der Waals surface area contributed by atoms with E-state index in [0.29, 0.717) is 38.4 Å². The minimum absolute atomic E-state index is 0.0571. The third kappa shape index (κ3) is 4.64. The van der Waals surface area contributed by atoms with E-state index in [9.17, 15) is 18.0 Å². The smallest absolute Gasteiger partial charge is 0.378 e. The summed E-state index contributed by atoms with van der Waals surface area (Å²) in [6, 6.07) is 9.82. The number of piperidine rings is 1. The fourth-order valence-corrected chi connectivity index (χ4v) is 5.21. The van der Waals surface area contributed by atoms with Crippen molar-refractivity contribution in [3.63, 3.8) is 0 Å². The minimum Gasteiger partial charge on any atom is -0.378 e. The molecular formula is C26H32F3N5O2. The molecule has 36 heavy (non-hydrogen) atoms. The zero-order valence-corrected chi connectivity index (χ0v) is 20.6. The van der Waals surface area contributed by atoms with Crippen LogP contribution in [0.4, 0.5) is 36.1 Å². The Morgan fingerprint density at radius 1 is 1.08 bits per heavy atom. The minimum atomic E-state index is -4.33. The van der Waals surface area contributed by atoms with Crippen LogP contribution in [-0.4, -0.2) is 66.9 Å². The van der Waals surface area contributed by atoms with Gasteiger partial charge < -0.3 is 19.9 Å². The van der Waals surface area contributed by atoms with Crippen molar-refractivity contribution in [2.45, 2.75) is 44.9 Å². The number of alkyl halides is 3. The Kier molecular flexibility index (Phi) is 6.59. The molecule has 0 saturated carbocycles. The molecule has 3 aliphatic heterocycles. The average molecular weight is 504 g/mol. The molecule has 0 spiro atoms. The summed E-state index contributed by atoms with van der Waals surface area (Å²) in [5, 5.41) is 3.38. The van der Waals surface area contributed by atoms with E-state index in [1.54, 1.807) is 11.1 Å². The molecular weight excluding hydrogens is 471 g/mol. The molecule has 1 N–H and O–H groups in total. The van der Waals surface area contributed by atoms with Crippen LogP contribution in [0.25, 0.3) is 0 Å². The number of hydrogen-bond acceptors (Lipinski definition) is 6. The molecule has 1 aromatic carbocycles. The molecule has 2 fully saturated rings. The highest BCUT2D eigenvalue weighted by atomic mass is 19.4. The number of benzene rings is 1. The van der Waals surface area contributed by atoms with E-state index in [1.807, 2.05) is 30.3 Å². The molecule has 5 rings (SSSR count). The number of ether oxygens (including phenoxy) is 1. The Morgan fingerprint density at radius 2 is 1.81 bits per heavy atom. The van der Waals surface area contributed by atoms with Crippen molar-refractivity contribution >= 4 is 28.8 Å². The van der Waals surface area contributed by atoms with Crippen LogP contribution >= 0.6 is 0 Å². The summed E-state index contributed by atoms with van der Waals surface area (Å²) in [5.74, 6) is 0.302. The van der Waals surface area contributed by atoms with E-state index in [4.69, 9.17) is 4.74 Å². The number of carbonyl (C=O) groups is 1. The number of nitrogens with zero attached hydrogens (tertiary/aromatic N) is 4. The molecule has 10 heteroatoms. The molecule has 0 bridgehead atoms. The van der Waals surface area contributed by atoms with Gasteiger partial charge in [-0.2, -0.15) is 13.2 Å². The van der Waals surface area contributed by atoms with Crippen molar-refractivity contribution in [2.24, 2.45) is 5.92 Å². The molecule has 0 radical (unpaired) electrons. The first-order valence-electron chi connectivity index (χ1n) is 12.5. The van der Waals surface area contributed by atoms with Crippen molar-refractivity contribution in [1.29, 1.82) is 0 Å². The summed E-state index contributed by atoms with van der Waals surface area (Å²) in [6.07, 6.45) is -1.84. The number of fused-ring (bicyclic) bond motifs is 2. The SMILES string of the molecule is CC(C)(N1CCC(C(=O)N2Cc3cccnc3Nc3ccc(N4CCOCC4)cc32)CC1)C(F)(F)F. The summed E-state index contributed by atoms with van der Waals surface area (Å²) in [4.78, 5) is 23.9. The second-order valence-electron chi connectivity index (χ2n) is 10.2. The van der Waals surface area contributed by atoms with Crippen molar-refractivity contribution in [1.82, 2.24) is 9.88 Å². The maximum Gasteiger partial charge on any atom is 0.406 e. The van der Waals surface area contributed by atoms with Gasteiger partial charge in [0.2, 0.25) is 5.91 Å². The zero-order valence-electron chi connectivity index (χ0n) is 20.6. The monoisotopic (exact) mass is 503 g/mol. The zero-order chi connectivity index (χ0) is 25.5. The number of amides is 1. The van der Waals surface area contributed by atoms with Crippen molar-refractivity contribution in [2.75, 3.05) is 54.5 Å². The molecule has 194 valence electrons. The van der Waals surface area contributed by atoms with Gasteiger partial charge in [0.15, 0.2) is 0 Å². The molecule has 7 nitrogen and oxygen atoms in total. The molecule has 0 unspecified atom stereocenters. The predicted molar refractivity (Wildman–Crippen MR) is 133 cm³/mol. The van der Waals surface area contributed by atoms with E-state index < -0.39 is 11.7 Å². The number of likely N-dealkylation sites (tertiary alicyclic amines) is 1. The van der Waals surface area contributed by atoms with E-state index in [2.05, 4.69) is 15.2 Å². The van der Waals surface area contributed by atoms with Crippen LogP contribution in [0, 0.1) is 5.92 Å². The third-order valence-corrected chi connectivity index (χ3v) is 7.72. The highest BCUT2D eigenvalue weighted by molar-refractivity contribution is 6.00. The maximum atomic E-state index is 13.9. The van der Waals surface area contributed by atoms with Crippen LogP contribution in [0.3, 0.4) is 0 Å². The largest absolute Gasteiger partial charge is 0.406 e. The van der Waals surface area contributed by atoms with Gasteiger partial charge in [-0.15, -0.1) is 0 Å². The van der Waals surface area contributed by atoms with Gasteiger partial charge in [0.1, 0.15) is 11.4 Å². The summed E-state index contributed by atoms with van der Waals surface area (Å²) in [7, 11) is 0. The summed E-state index contributed by atoms with van der Waals surface area (Å²) < 4.78 is 46.2. The topological polar surface area (TPSA) is 60.9 Å². The normalized spacial score (nSPS) is 19.8. The first-order chi connectivity index (χ1) is 17.1. The molecule has 2 saturated heterocycles. The van der Waals surface area contributed by atoms with E-state index >= 15 is 0 Å². The van der Waals surface area contributed by atoms with Gasteiger partial charge in [0, 0.05) is 36.5 Å². The van der Waals surface area contributed by atoms with Crippen LogP contribution in [0.2, 0.25) is 0 Å². The number of anilines is 4. The number of pyridine rings is 1. The number of nitrogens with one attached hydrogen (secondary N) is 1. The van der Waals surface area contributed by atoms with Gasteiger partial charge in [-0.05, 0) is 64.0 Å². The Labute approximate surface area is 209 Å². The lowest BCUT2D eigenvalue weighted by Crippen LogP contribution is -2.57. The Bertz CT molecular complexity index is 1110. The number of morpholine rings is 1. The van der Waals surface area contributed by atoms with Gasteiger partial charge in [-0.25, -0.2) is 4.98 Å². The Hall–Kier alpha value is -2.85. The molecule has 0 atom stereocenters. The quantitative estimate of drug-likeness (QED) is 0.663. The second kappa shape index (κ2) is 9.55. The fraction of sp³-hybridized carbons (Fsp3) is 0.538. The fourth-order valence-electron chi connectivity index (χ4n) is 5.21. The third-order valence-electron chi connectivity index (χ3n) is 7.72. The van der Waals surface area contributed by atoms with Gasteiger partial charge in [0.25, 0.3) is 0 Å². The summed E-state index contributed by atoms with van der Waals surface area (Å²) in [5.41, 5.74) is 1.54. The van der Waals surface area contributed by atoms with Crippen LogP contribution in [0.5, 0.6) is 0 Å². The Balaban J connectivity index is 1.42. The number of hydrogen-bond donors (Lipinski definition) is 1. The van der Waals surface area contributed by atoms with Gasteiger partial charge >= 0.3 is 6.18 Å². The second-order valence-corrected chi connectivity index (χ2v) is 10.2. The van der Waals surface area contributed by atoms with Crippen molar-refractivity contribution in [3.05, 3.63) is 42.1 Å². The lowest BCUT2D eigenvalue weighted by molar-refractivity contribution is -0.223. The van der Waals surface area contributed by atoms with Crippen LogP contribution in [0.15, 0.2) is 36.5 Å². The van der Waals surface area contributed by atoms with Crippen molar-refractivity contribution in [3.8, 4) is 0 Å². The highest BCUT2D eigenvalue weighted by Crippen LogP contribution is 2.41. The molecule has 4 heterocycles. The molecule has 1 aromatic heterocycles. The standard InChI is InChI=1S/C26H32F3N5O2/c1-25(2,26(27,28)29)33-10-7-18(8-11-33)24(35)34-17-19-4-3-9-30-23(19)31-21-6-5-20(16-22(21)34)32-12-14-36-15-13-32/h3-6,9,16,18H,7-8,10-15,17H2,1-2H3,(H,30,31).